The number of benzene rings is 2. The minimum absolute atomic E-state index is 0.00585. The van der Waals surface area contributed by atoms with Crippen molar-refractivity contribution in [3.8, 4) is 5.69 Å². The van der Waals surface area contributed by atoms with E-state index in [1.807, 2.05) is 32.0 Å². The van der Waals surface area contributed by atoms with Crippen LogP contribution in [0.5, 0.6) is 0 Å². The predicted octanol–water partition coefficient (Wildman–Crippen LogP) is 2.94. The van der Waals surface area contributed by atoms with Gasteiger partial charge in [0.15, 0.2) is 0 Å². The zero-order valence-electron chi connectivity index (χ0n) is 13.8. The second-order valence-corrected chi connectivity index (χ2v) is 5.88. The van der Waals surface area contributed by atoms with Crippen LogP contribution >= 0.6 is 0 Å². The van der Waals surface area contributed by atoms with Crippen molar-refractivity contribution in [2.45, 2.75) is 20.4 Å². The fourth-order valence-corrected chi connectivity index (χ4v) is 2.84. The van der Waals surface area contributed by atoms with Crippen molar-refractivity contribution in [2.75, 3.05) is 0 Å². The second-order valence-electron chi connectivity index (χ2n) is 5.88. The maximum atomic E-state index is 13.8. The Morgan fingerprint density at radius 2 is 1.60 bits per heavy atom. The van der Waals surface area contributed by atoms with Crippen LogP contribution in [0.15, 0.2) is 58.4 Å². The zero-order chi connectivity index (χ0) is 18.1. The molecule has 0 fully saturated rings. The molecule has 0 spiro atoms. The molecule has 4 nitrogen and oxygen atoms in total. The maximum absolute atomic E-state index is 13.8. The van der Waals surface area contributed by atoms with Gasteiger partial charge >= 0.3 is 11.1 Å². The van der Waals surface area contributed by atoms with Gasteiger partial charge in [-0.25, -0.2) is 8.78 Å². The van der Waals surface area contributed by atoms with Crippen molar-refractivity contribution < 1.29 is 8.78 Å². The van der Waals surface area contributed by atoms with E-state index in [1.54, 1.807) is 0 Å². The van der Waals surface area contributed by atoms with Crippen molar-refractivity contribution in [3.05, 3.63) is 97.8 Å². The number of hydrogen-bond donors (Lipinski definition) is 0. The van der Waals surface area contributed by atoms with Gasteiger partial charge in [0.2, 0.25) is 0 Å². The Bertz CT molecular complexity index is 1050. The van der Waals surface area contributed by atoms with E-state index in [1.165, 1.54) is 17.0 Å². The molecule has 0 amide bonds. The lowest BCUT2D eigenvalue weighted by Crippen LogP contribution is -2.40. The lowest BCUT2D eigenvalue weighted by molar-refractivity contribution is 0.572. The van der Waals surface area contributed by atoms with Crippen LogP contribution in [0.3, 0.4) is 0 Å². The molecule has 6 heteroatoms. The summed E-state index contributed by atoms with van der Waals surface area (Å²) < 4.78 is 29.4. The summed E-state index contributed by atoms with van der Waals surface area (Å²) in [6, 6.07) is 8.57. The van der Waals surface area contributed by atoms with E-state index >= 15 is 0 Å². The summed E-state index contributed by atoms with van der Waals surface area (Å²) in [5.41, 5.74) is 0.830. The lowest BCUT2D eigenvalue weighted by Gasteiger charge is -2.13. The van der Waals surface area contributed by atoms with Crippen molar-refractivity contribution in [1.82, 2.24) is 9.13 Å². The summed E-state index contributed by atoms with van der Waals surface area (Å²) in [6.45, 7) is 3.48. The molecule has 2 aromatic carbocycles. The fraction of sp³-hybridized carbons (Fsp3) is 0.158. The first-order chi connectivity index (χ1) is 11.9. The molecule has 3 aromatic rings. The van der Waals surface area contributed by atoms with Crippen LogP contribution in [-0.2, 0) is 6.54 Å². The van der Waals surface area contributed by atoms with Gasteiger partial charge in [0.05, 0.1) is 12.2 Å². The standard InChI is InChI=1S/C19H16F2N2O2/c1-12-4-3-5-13(2)17(12)23-9-8-22(18(24)19(23)25)11-14-10-15(20)6-7-16(14)21/h3-10H,11H2,1-2H3. The van der Waals surface area contributed by atoms with Crippen molar-refractivity contribution in [3.63, 3.8) is 0 Å². The Morgan fingerprint density at radius 1 is 0.920 bits per heavy atom. The molecule has 0 bridgehead atoms. The molecule has 0 saturated carbocycles. The molecule has 128 valence electrons. The molecule has 25 heavy (non-hydrogen) atoms. The van der Waals surface area contributed by atoms with Crippen LogP contribution in [0.1, 0.15) is 16.7 Å². The van der Waals surface area contributed by atoms with Gasteiger partial charge in [-0.2, -0.15) is 0 Å². The zero-order valence-corrected chi connectivity index (χ0v) is 13.8. The van der Waals surface area contributed by atoms with Gasteiger partial charge in [0.25, 0.3) is 0 Å². The Balaban J connectivity index is 2.09. The van der Waals surface area contributed by atoms with E-state index in [4.69, 9.17) is 0 Å². The third kappa shape index (κ3) is 3.15. The van der Waals surface area contributed by atoms with Crippen molar-refractivity contribution in [1.29, 1.82) is 0 Å². The average Bonchev–Trinajstić information content (AvgIpc) is 2.57. The molecule has 0 N–H and O–H groups in total. The van der Waals surface area contributed by atoms with Crippen molar-refractivity contribution in [2.24, 2.45) is 0 Å². The summed E-state index contributed by atoms with van der Waals surface area (Å²) in [5, 5.41) is 0. The molecule has 1 heterocycles. The minimum atomic E-state index is -0.797. The Morgan fingerprint density at radius 3 is 2.28 bits per heavy atom. The third-order valence-electron chi connectivity index (χ3n) is 4.09. The van der Waals surface area contributed by atoms with Crippen LogP contribution in [0.2, 0.25) is 0 Å². The monoisotopic (exact) mass is 342 g/mol. The first-order valence-corrected chi connectivity index (χ1v) is 7.71. The van der Waals surface area contributed by atoms with Gasteiger partial charge in [0, 0.05) is 18.0 Å². The van der Waals surface area contributed by atoms with Crippen LogP contribution in [0.25, 0.3) is 5.69 Å². The van der Waals surface area contributed by atoms with E-state index in [0.717, 1.165) is 33.9 Å². The van der Waals surface area contributed by atoms with Crippen LogP contribution < -0.4 is 11.1 Å². The second kappa shape index (κ2) is 6.47. The van der Waals surface area contributed by atoms with E-state index in [0.29, 0.717) is 5.69 Å². The first-order valence-electron chi connectivity index (χ1n) is 7.71. The highest BCUT2D eigenvalue weighted by atomic mass is 19.1. The van der Waals surface area contributed by atoms with E-state index in [2.05, 4.69) is 0 Å². The van der Waals surface area contributed by atoms with Crippen LogP contribution in [0, 0.1) is 25.5 Å². The van der Waals surface area contributed by atoms with Gasteiger partial charge in [-0.1, -0.05) is 18.2 Å². The molecule has 0 radical (unpaired) electrons. The van der Waals surface area contributed by atoms with Crippen LogP contribution in [-0.4, -0.2) is 9.13 Å². The van der Waals surface area contributed by atoms with Crippen molar-refractivity contribution >= 4 is 0 Å². The normalized spacial score (nSPS) is 10.9. The number of para-hydroxylation sites is 1. The Hall–Kier alpha value is -3.02. The van der Waals surface area contributed by atoms with Gasteiger partial charge in [-0.3, -0.25) is 14.2 Å². The highest BCUT2D eigenvalue weighted by Gasteiger charge is 2.12. The number of halogens is 2. The van der Waals surface area contributed by atoms with Crippen LogP contribution in [0.4, 0.5) is 8.78 Å². The first kappa shape index (κ1) is 16.8. The summed E-state index contributed by atoms with van der Waals surface area (Å²) >= 11 is 0. The average molecular weight is 342 g/mol. The topological polar surface area (TPSA) is 44.0 Å². The molecule has 0 atom stereocenters. The number of aryl methyl sites for hydroxylation is 2. The lowest BCUT2D eigenvalue weighted by atomic mass is 10.1. The molecule has 1 aromatic heterocycles. The fourth-order valence-electron chi connectivity index (χ4n) is 2.84. The number of nitrogens with zero attached hydrogens (tertiary/aromatic N) is 2. The Labute approximate surface area is 142 Å². The molecule has 0 aliphatic rings. The summed E-state index contributed by atoms with van der Waals surface area (Å²) in [7, 11) is 0. The number of hydrogen-bond acceptors (Lipinski definition) is 2. The third-order valence-corrected chi connectivity index (χ3v) is 4.09. The summed E-state index contributed by atoms with van der Waals surface area (Å²) in [4.78, 5) is 24.9. The molecule has 0 unspecified atom stereocenters. The quantitative estimate of drug-likeness (QED) is 0.687. The highest BCUT2D eigenvalue weighted by molar-refractivity contribution is 5.46. The molecular weight excluding hydrogens is 326 g/mol. The molecule has 0 saturated heterocycles. The Kier molecular flexibility index (Phi) is 4.35. The molecule has 3 rings (SSSR count). The van der Waals surface area contributed by atoms with E-state index in [9.17, 15) is 18.4 Å². The maximum Gasteiger partial charge on any atom is 0.321 e. The molecule has 0 aliphatic carbocycles. The molecular formula is C19H16F2N2O2. The van der Waals surface area contributed by atoms with Gasteiger partial charge < -0.3 is 4.57 Å². The SMILES string of the molecule is Cc1cccc(C)c1-n1ccn(Cc2cc(F)ccc2F)c(=O)c1=O. The number of rotatable bonds is 3. The highest BCUT2D eigenvalue weighted by Crippen LogP contribution is 2.16. The number of aromatic nitrogens is 2. The summed E-state index contributed by atoms with van der Waals surface area (Å²) in [6.07, 6.45) is 2.87. The van der Waals surface area contributed by atoms with Gasteiger partial charge in [-0.15, -0.1) is 0 Å². The minimum Gasteiger partial charge on any atom is -0.305 e. The molecule has 0 aliphatic heterocycles. The van der Waals surface area contributed by atoms with E-state index in [-0.39, 0.29) is 12.1 Å². The largest absolute Gasteiger partial charge is 0.321 e. The van der Waals surface area contributed by atoms with E-state index < -0.39 is 22.8 Å². The smallest absolute Gasteiger partial charge is 0.305 e. The van der Waals surface area contributed by atoms with Gasteiger partial charge in [0.1, 0.15) is 11.6 Å². The summed E-state index contributed by atoms with van der Waals surface area (Å²) in [5.74, 6) is -1.24. The van der Waals surface area contributed by atoms with Gasteiger partial charge in [-0.05, 0) is 43.2 Å². The predicted molar refractivity (Wildman–Crippen MR) is 91.2 cm³/mol.